The van der Waals surface area contributed by atoms with Gasteiger partial charge in [-0.15, -0.1) is 24.0 Å². The van der Waals surface area contributed by atoms with Gasteiger partial charge in [-0.2, -0.15) is 4.98 Å². The number of hydrogen-bond donors (Lipinski definition) is 1. The third-order valence-corrected chi connectivity index (χ3v) is 4.47. The first-order valence-corrected chi connectivity index (χ1v) is 9.63. The van der Waals surface area contributed by atoms with Crippen molar-refractivity contribution in [3.8, 4) is 0 Å². The van der Waals surface area contributed by atoms with Crippen LogP contribution in [0.25, 0.3) is 0 Å². The van der Waals surface area contributed by atoms with Crippen LogP contribution in [0.3, 0.4) is 0 Å². The summed E-state index contributed by atoms with van der Waals surface area (Å²) in [6.07, 6.45) is 2.27. The molecule has 0 atom stereocenters. The minimum Gasteiger partial charge on any atom is -0.364 e. The van der Waals surface area contributed by atoms with Gasteiger partial charge < -0.3 is 19.3 Å². The fraction of sp³-hybridized carbons (Fsp3) is 0.667. The maximum Gasteiger partial charge on any atom is 0.228 e. The minimum absolute atomic E-state index is 0. The van der Waals surface area contributed by atoms with E-state index in [1.165, 1.54) is 0 Å². The van der Waals surface area contributed by atoms with Crippen LogP contribution in [0.1, 0.15) is 44.1 Å². The van der Waals surface area contributed by atoms with E-state index in [9.17, 15) is 0 Å². The zero-order valence-corrected chi connectivity index (χ0v) is 19.1. The molecule has 0 amide bonds. The predicted molar refractivity (Wildman–Crippen MR) is 117 cm³/mol. The number of guanidine groups is 1. The number of nitrogens with zero attached hydrogens (tertiary/aromatic N) is 6. The molecule has 3 rings (SSSR count). The smallest absolute Gasteiger partial charge is 0.228 e. The number of hydrogen-bond acceptors (Lipinski definition) is 7. The van der Waals surface area contributed by atoms with E-state index in [2.05, 4.69) is 51.2 Å². The van der Waals surface area contributed by atoms with Gasteiger partial charge in [0.1, 0.15) is 6.26 Å². The van der Waals surface area contributed by atoms with Crippen LogP contribution in [0.2, 0.25) is 0 Å². The predicted octanol–water partition coefficient (Wildman–Crippen LogP) is 2.12. The van der Waals surface area contributed by atoms with Crippen molar-refractivity contribution in [1.29, 1.82) is 0 Å². The third-order valence-electron chi connectivity index (χ3n) is 4.47. The Morgan fingerprint density at radius 3 is 2.64 bits per heavy atom. The molecule has 2 aromatic rings. The summed E-state index contributed by atoms with van der Waals surface area (Å²) in [5.74, 6) is 2.62. The lowest BCUT2D eigenvalue weighted by atomic mass is 10.2. The highest BCUT2D eigenvalue weighted by Gasteiger charge is 2.20. The summed E-state index contributed by atoms with van der Waals surface area (Å²) in [6.45, 7) is 12.3. The molecular weight excluding hydrogens is 473 g/mol. The van der Waals surface area contributed by atoms with Gasteiger partial charge >= 0.3 is 0 Å². The van der Waals surface area contributed by atoms with Crippen molar-refractivity contribution in [2.45, 2.75) is 39.7 Å². The van der Waals surface area contributed by atoms with Gasteiger partial charge in [0.25, 0.3) is 0 Å². The molecule has 9 nitrogen and oxygen atoms in total. The normalized spacial score (nSPS) is 15.7. The highest BCUT2D eigenvalue weighted by Crippen LogP contribution is 2.10. The molecule has 28 heavy (non-hydrogen) atoms. The highest BCUT2D eigenvalue weighted by atomic mass is 127. The van der Waals surface area contributed by atoms with E-state index >= 15 is 0 Å². The molecule has 1 N–H and O–H groups in total. The maximum absolute atomic E-state index is 5.29. The summed E-state index contributed by atoms with van der Waals surface area (Å²) in [7, 11) is 0. The molecule has 0 aliphatic carbocycles. The Hall–Kier alpha value is -1.69. The second-order valence-electron chi connectivity index (χ2n) is 6.94. The van der Waals surface area contributed by atoms with Crippen molar-refractivity contribution in [3.05, 3.63) is 29.7 Å². The van der Waals surface area contributed by atoms with E-state index in [1.807, 2.05) is 6.07 Å². The molecule has 0 aromatic carbocycles. The Balaban J connectivity index is 0.00000280. The topological polar surface area (TPSA) is 95.8 Å². The first-order chi connectivity index (χ1) is 13.2. The largest absolute Gasteiger partial charge is 0.364 e. The van der Waals surface area contributed by atoms with Gasteiger partial charge in [-0.3, -0.25) is 9.89 Å². The molecule has 2 aromatic heterocycles. The van der Waals surface area contributed by atoms with Crippen LogP contribution in [0.15, 0.2) is 26.4 Å². The van der Waals surface area contributed by atoms with E-state index in [-0.39, 0.29) is 29.9 Å². The average Bonchev–Trinajstić information content (AvgIpc) is 3.34. The molecule has 1 aliphatic heterocycles. The second-order valence-corrected chi connectivity index (χ2v) is 6.94. The summed E-state index contributed by atoms with van der Waals surface area (Å²) in [5, 5.41) is 11.4. The fourth-order valence-corrected chi connectivity index (χ4v) is 2.95. The number of nitrogens with one attached hydrogen (secondary N) is 1. The number of rotatable bonds is 7. The van der Waals surface area contributed by atoms with Crippen molar-refractivity contribution in [3.63, 3.8) is 0 Å². The van der Waals surface area contributed by atoms with Gasteiger partial charge in [-0.25, -0.2) is 0 Å². The molecule has 0 spiro atoms. The monoisotopic (exact) mass is 503 g/mol. The van der Waals surface area contributed by atoms with E-state index < -0.39 is 0 Å². The molecule has 10 heteroatoms. The van der Waals surface area contributed by atoms with Crippen molar-refractivity contribution in [2.75, 3.05) is 39.3 Å². The molecule has 1 aliphatic rings. The van der Waals surface area contributed by atoms with Gasteiger partial charge in [0.2, 0.25) is 5.89 Å². The zero-order valence-electron chi connectivity index (χ0n) is 16.8. The number of piperazine rings is 1. The first kappa shape index (κ1) is 22.6. The van der Waals surface area contributed by atoms with Gasteiger partial charge in [0, 0.05) is 57.7 Å². The number of aromatic nitrogens is 3. The Kier molecular flexibility index (Phi) is 9.16. The standard InChI is InChI=1S/C18H29N7O2.HI/c1-4-19-18(20-7-5-16-21-17(14(2)3)23-27-16)25-10-8-24(9-11-25)13-15-6-12-26-22-15;/h6,12,14H,4-5,7-11,13H2,1-3H3,(H,19,20);1H. The molecular formula is C18H30IN7O2. The van der Waals surface area contributed by atoms with Gasteiger partial charge in [-0.05, 0) is 6.92 Å². The molecule has 0 saturated carbocycles. The maximum atomic E-state index is 5.29. The third kappa shape index (κ3) is 6.43. The zero-order chi connectivity index (χ0) is 19.1. The highest BCUT2D eigenvalue weighted by molar-refractivity contribution is 14.0. The van der Waals surface area contributed by atoms with Crippen LogP contribution in [-0.4, -0.2) is 70.3 Å². The Labute approximate surface area is 182 Å². The molecule has 156 valence electrons. The molecule has 1 fully saturated rings. The van der Waals surface area contributed by atoms with Crippen molar-refractivity contribution < 1.29 is 9.05 Å². The van der Waals surface area contributed by atoms with Crippen molar-refractivity contribution >= 4 is 29.9 Å². The van der Waals surface area contributed by atoms with Gasteiger partial charge in [0.05, 0.1) is 12.2 Å². The lowest BCUT2D eigenvalue weighted by Crippen LogP contribution is -2.52. The molecule has 1 saturated heterocycles. The Morgan fingerprint density at radius 2 is 2.04 bits per heavy atom. The summed E-state index contributed by atoms with van der Waals surface area (Å²) in [5.41, 5.74) is 0.976. The Bertz CT molecular complexity index is 709. The van der Waals surface area contributed by atoms with Crippen molar-refractivity contribution in [2.24, 2.45) is 4.99 Å². The van der Waals surface area contributed by atoms with E-state index in [0.717, 1.165) is 56.7 Å². The summed E-state index contributed by atoms with van der Waals surface area (Å²) < 4.78 is 10.2. The molecule has 0 bridgehead atoms. The summed E-state index contributed by atoms with van der Waals surface area (Å²) >= 11 is 0. The van der Waals surface area contributed by atoms with Gasteiger partial charge in [-0.1, -0.05) is 24.2 Å². The lowest BCUT2D eigenvalue weighted by Gasteiger charge is -2.36. The number of aliphatic imine (C=N–C) groups is 1. The SMILES string of the molecule is CCNC(=NCCc1nc(C(C)C)no1)N1CCN(Cc2ccon2)CC1.I. The quantitative estimate of drug-likeness (QED) is 0.349. The van der Waals surface area contributed by atoms with Crippen LogP contribution in [0.4, 0.5) is 0 Å². The summed E-state index contributed by atoms with van der Waals surface area (Å²) in [4.78, 5) is 13.8. The van der Waals surface area contributed by atoms with E-state index in [1.54, 1.807) is 6.26 Å². The van der Waals surface area contributed by atoms with Crippen LogP contribution in [0.5, 0.6) is 0 Å². The van der Waals surface area contributed by atoms with E-state index in [0.29, 0.717) is 18.9 Å². The van der Waals surface area contributed by atoms with Crippen molar-refractivity contribution in [1.82, 2.24) is 30.4 Å². The molecule has 3 heterocycles. The molecule has 0 radical (unpaired) electrons. The Morgan fingerprint density at radius 1 is 1.25 bits per heavy atom. The van der Waals surface area contributed by atoms with Crippen LogP contribution < -0.4 is 5.32 Å². The lowest BCUT2D eigenvalue weighted by molar-refractivity contribution is 0.169. The van der Waals surface area contributed by atoms with Crippen LogP contribution in [0, 0.1) is 0 Å². The minimum atomic E-state index is 0. The first-order valence-electron chi connectivity index (χ1n) is 9.63. The molecule has 0 unspecified atom stereocenters. The van der Waals surface area contributed by atoms with Gasteiger partial charge in [0.15, 0.2) is 11.8 Å². The fourth-order valence-electron chi connectivity index (χ4n) is 2.95. The van der Waals surface area contributed by atoms with E-state index in [4.69, 9.17) is 14.0 Å². The summed E-state index contributed by atoms with van der Waals surface area (Å²) in [6, 6.07) is 1.92. The average molecular weight is 503 g/mol. The van der Waals surface area contributed by atoms with Crippen LogP contribution >= 0.6 is 24.0 Å². The second kappa shape index (κ2) is 11.3. The van der Waals surface area contributed by atoms with Crippen LogP contribution in [-0.2, 0) is 13.0 Å². The number of halogens is 1.